The lowest BCUT2D eigenvalue weighted by Crippen LogP contribution is -2.27. The van der Waals surface area contributed by atoms with Gasteiger partial charge in [-0.1, -0.05) is 60.7 Å². The van der Waals surface area contributed by atoms with Gasteiger partial charge in [0.25, 0.3) is 0 Å². The Morgan fingerprint density at radius 3 is 2.15 bits per heavy atom. The molecule has 1 unspecified atom stereocenters. The van der Waals surface area contributed by atoms with Crippen LogP contribution < -0.4 is 0 Å². The van der Waals surface area contributed by atoms with Crippen LogP contribution in [-0.2, 0) is 0 Å². The van der Waals surface area contributed by atoms with E-state index in [0.29, 0.717) is 0 Å². The second kappa shape index (κ2) is 6.99. The van der Waals surface area contributed by atoms with E-state index in [4.69, 9.17) is 5.10 Å². The first-order chi connectivity index (χ1) is 9.72. The second-order valence-corrected chi connectivity index (χ2v) is 4.89. The molecule has 0 radical (unpaired) electrons. The maximum Gasteiger partial charge on any atom is 0.217 e. The molecule has 2 nitrogen and oxygen atoms in total. The Kier molecular flexibility index (Phi) is 5.05. The lowest BCUT2D eigenvalue weighted by molar-refractivity contribution is 0.383. The lowest BCUT2D eigenvalue weighted by atomic mass is 9.65. The zero-order valence-electron chi connectivity index (χ0n) is 12.5. The Balaban J connectivity index is 2.21. The van der Waals surface area contributed by atoms with E-state index in [9.17, 15) is 0 Å². The molecule has 0 aromatic heterocycles. The summed E-state index contributed by atoms with van der Waals surface area (Å²) >= 11 is 0. The summed E-state index contributed by atoms with van der Waals surface area (Å²) in [6.45, 7) is 4.26. The van der Waals surface area contributed by atoms with Crippen LogP contribution in [0.1, 0.15) is 31.0 Å². The summed E-state index contributed by atoms with van der Waals surface area (Å²) in [5.74, 6) is 0. The Morgan fingerprint density at radius 2 is 1.60 bits per heavy atom. The van der Waals surface area contributed by atoms with Gasteiger partial charge < -0.3 is 4.92 Å². The number of hydrazone groups is 1. The Morgan fingerprint density at radius 1 is 1.05 bits per heavy atom. The van der Waals surface area contributed by atoms with Crippen LogP contribution in [0.4, 0.5) is 0 Å². The second-order valence-electron chi connectivity index (χ2n) is 4.89. The molecule has 1 atom stereocenters. The highest BCUT2D eigenvalue weighted by atomic mass is 15.4. The van der Waals surface area contributed by atoms with Crippen LogP contribution in [0.25, 0.3) is 0 Å². The van der Waals surface area contributed by atoms with Gasteiger partial charge in [-0.25, -0.2) is 0 Å². The molecule has 2 aromatic rings. The van der Waals surface area contributed by atoms with Crippen molar-refractivity contribution >= 4 is 20.8 Å². The highest BCUT2D eigenvalue weighted by Crippen LogP contribution is 2.19. The standard InChI is InChI=1S/C16H20B2N2/c1-13(15-9-5-3-6-10-15)19-20(18-17)14(2)16-11-7-4-8-12-16/h3-12,14,18H,17H2,1-2H3/b19-13+. The molecule has 20 heavy (non-hydrogen) atoms. The molecule has 0 spiro atoms. The van der Waals surface area contributed by atoms with Gasteiger partial charge in [-0.15, -0.1) is 0 Å². The molecule has 0 bridgehead atoms. The van der Waals surface area contributed by atoms with Crippen molar-refractivity contribution in [3.8, 4) is 0 Å². The summed E-state index contributed by atoms with van der Waals surface area (Å²) in [5, 5.41) is 4.79. The predicted octanol–water partition coefficient (Wildman–Crippen LogP) is 2.37. The normalized spacial score (nSPS) is 12.8. The SMILES string of the molecule is BBN(/N=C(\C)c1ccccc1)C(C)c1ccccc1. The Hall–Kier alpha value is -1.96. The van der Waals surface area contributed by atoms with E-state index in [-0.39, 0.29) is 6.04 Å². The van der Waals surface area contributed by atoms with E-state index in [2.05, 4.69) is 62.9 Å². The average molecular weight is 262 g/mol. The van der Waals surface area contributed by atoms with E-state index in [0.717, 1.165) is 13.0 Å². The highest BCUT2D eigenvalue weighted by molar-refractivity contribution is 6.87. The first kappa shape index (κ1) is 14.4. The predicted molar refractivity (Wildman–Crippen MR) is 91.0 cm³/mol. The van der Waals surface area contributed by atoms with Crippen LogP contribution in [0.2, 0.25) is 0 Å². The minimum Gasteiger partial charge on any atom is -0.347 e. The number of benzene rings is 2. The molecule has 0 N–H and O–H groups in total. The molecular formula is C16H20B2N2. The summed E-state index contributed by atoms with van der Waals surface area (Å²) in [5.41, 5.74) is 3.51. The molecule has 2 rings (SSSR count). The zero-order chi connectivity index (χ0) is 14.4. The van der Waals surface area contributed by atoms with Crippen LogP contribution in [0.15, 0.2) is 65.8 Å². The molecule has 0 aliphatic rings. The first-order valence-corrected chi connectivity index (χ1v) is 7.14. The molecule has 0 saturated heterocycles. The monoisotopic (exact) mass is 262 g/mol. The average Bonchev–Trinajstić information content (AvgIpc) is 2.53. The van der Waals surface area contributed by atoms with Gasteiger partial charge in [-0.05, 0) is 25.0 Å². The van der Waals surface area contributed by atoms with Crippen molar-refractivity contribution in [2.75, 3.05) is 0 Å². The molecule has 0 amide bonds. The molecular weight excluding hydrogens is 242 g/mol. The van der Waals surface area contributed by atoms with Gasteiger partial charge in [0, 0.05) is 0 Å². The van der Waals surface area contributed by atoms with Crippen LogP contribution in [0.3, 0.4) is 0 Å². The minimum absolute atomic E-state index is 0.278. The number of nitrogens with zero attached hydrogens (tertiary/aromatic N) is 2. The number of rotatable bonds is 5. The first-order valence-electron chi connectivity index (χ1n) is 7.14. The van der Waals surface area contributed by atoms with Gasteiger partial charge in [0.2, 0.25) is 7.31 Å². The van der Waals surface area contributed by atoms with Crippen LogP contribution >= 0.6 is 0 Å². The molecule has 2 aromatic carbocycles. The zero-order valence-corrected chi connectivity index (χ0v) is 12.5. The molecule has 0 fully saturated rings. The smallest absolute Gasteiger partial charge is 0.217 e. The summed E-state index contributed by atoms with van der Waals surface area (Å²) in [4.78, 5) is 2.14. The third-order valence-electron chi connectivity index (χ3n) is 3.52. The van der Waals surface area contributed by atoms with Gasteiger partial charge in [-0.2, -0.15) is 5.10 Å². The summed E-state index contributed by atoms with van der Waals surface area (Å²) in [7, 11) is 3.03. The molecule has 0 aliphatic carbocycles. The maximum atomic E-state index is 4.79. The fraction of sp³-hybridized carbons (Fsp3) is 0.188. The Bertz CT molecular complexity index is 555. The van der Waals surface area contributed by atoms with E-state index in [1.165, 1.54) is 11.1 Å². The van der Waals surface area contributed by atoms with Crippen molar-refractivity contribution in [2.24, 2.45) is 5.10 Å². The van der Waals surface area contributed by atoms with Crippen molar-refractivity contribution in [1.29, 1.82) is 0 Å². The topological polar surface area (TPSA) is 15.6 Å². The van der Waals surface area contributed by atoms with Crippen LogP contribution in [0, 0.1) is 0 Å². The number of hydrogen-bond donors (Lipinski definition) is 0. The van der Waals surface area contributed by atoms with Crippen LogP contribution in [-0.4, -0.2) is 25.7 Å². The third kappa shape index (κ3) is 3.53. The quantitative estimate of drug-likeness (QED) is 0.459. The molecule has 100 valence electrons. The summed E-state index contributed by atoms with van der Waals surface area (Å²) in [6, 6.07) is 21.1. The van der Waals surface area contributed by atoms with Crippen molar-refractivity contribution in [2.45, 2.75) is 19.9 Å². The lowest BCUT2D eigenvalue weighted by Gasteiger charge is -2.26. The van der Waals surface area contributed by atoms with Crippen molar-refractivity contribution < 1.29 is 0 Å². The van der Waals surface area contributed by atoms with Crippen molar-refractivity contribution in [1.82, 2.24) is 4.92 Å². The van der Waals surface area contributed by atoms with Crippen molar-refractivity contribution in [3.63, 3.8) is 0 Å². The molecule has 0 saturated carbocycles. The fourth-order valence-electron chi connectivity index (χ4n) is 2.26. The summed E-state index contributed by atoms with van der Waals surface area (Å²) in [6.07, 6.45) is 0. The van der Waals surface area contributed by atoms with Crippen molar-refractivity contribution in [3.05, 3.63) is 71.8 Å². The Labute approximate surface area is 123 Å². The van der Waals surface area contributed by atoms with Gasteiger partial charge in [0.05, 0.1) is 19.5 Å². The minimum atomic E-state index is 0.278. The van der Waals surface area contributed by atoms with Crippen LogP contribution in [0.5, 0.6) is 0 Å². The van der Waals surface area contributed by atoms with Gasteiger partial charge in [0.15, 0.2) is 0 Å². The van der Waals surface area contributed by atoms with E-state index in [1.54, 1.807) is 0 Å². The van der Waals surface area contributed by atoms with Gasteiger partial charge in [0.1, 0.15) is 0 Å². The largest absolute Gasteiger partial charge is 0.347 e. The highest BCUT2D eigenvalue weighted by Gasteiger charge is 2.12. The van der Waals surface area contributed by atoms with E-state index in [1.807, 2.05) is 24.3 Å². The maximum absolute atomic E-state index is 4.79. The van der Waals surface area contributed by atoms with E-state index < -0.39 is 0 Å². The number of hydrogen-bond acceptors (Lipinski definition) is 2. The summed E-state index contributed by atoms with van der Waals surface area (Å²) < 4.78 is 0. The van der Waals surface area contributed by atoms with E-state index >= 15 is 0 Å². The molecule has 4 heteroatoms. The molecule has 0 aliphatic heterocycles. The fourth-order valence-corrected chi connectivity index (χ4v) is 2.26. The van der Waals surface area contributed by atoms with Gasteiger partial charge in [-0.3, -0.25) is 0 Å². The third-order valence-corrected chi connectivity index (χ3v) is 3.52. The van der Waals surface area contributed by atoms with Gasteiger partial charge >= 0.3 is 0 Å². The molecule has 0 heterocycles.